The van der Waals surface area contributed by atoms with E-state index < -0.39 is 0 Å². The smallest absolute Gasteiger partial charge is 0.0431 e. The van der Waals surface area contributed by atoms with Crippen molar-refractivity contribution >= 4 is 26.7 Å². The zero-order valence-corrected chi connectivity index (χ0v) is 11.7. The van der Waals surface area contributed by atoms with Crippen molar-refractivity contribution in [1.29, 1.82) is 0 Å². The van der Waals surface area contributed by atoms with Gasteiger partial charge >= 0.3 is 0 Å². The number of unbranched alkanes of at least 4 members (excludes halogenated alkanes) is 2. The fourth-order valence-electron chi connectivity index (χ4n) is 1.78. The summed E-state index contributed by atoms with van der Waals surface area (Å²) in [6.45, 7) is 0.256. The van der Waals surface area contributed by atoms with E-state index in [0.29, 0.717) is 0 Å². The minimum atomic E-state index is 0.256. The van der Waals surface area contributed by atoms with Crippen LogP contribution in [0.4, 0.5) is 0 Å². The predicted octanol–water partition coefficient (Wildman–Crippen LogP) is 4.12. The predicted molar refractivity (Wildman–Crippen MR) is 79.5 cm³/mol. The van der Waals surface area contributed by atoms with Gasteiger partial charge in [-0.1, -0.05) is 39.9 Å². The topological polar surface area (TPSA) is 20.2 Å². The van der Waals surface area contributed by atoms with Gasteiger partial charge in [-0.3, -0.25) is 0 Å². The lowest BCUT2D eigenvalue weighted by Crippen LogP contribution is -1.81. The van der Waals surface area contributed by atoms with Crippen LogP contribution in [0.15, 0.2) is 40.9 Å². The number of hydrogen-bond donors (Lipinski definition) is 1. The highest BCUT2D eigenvalue weighted by Crippen LogP contribution is 2.20. The molecule has 0 spiro atoms. The summed E-state index contributed by atoms with van der Waals surface area (Å²) >= 11 is 3.47. The van der Waals surface area contributed by atoms with Crippen LogP contribution in [-0.2, 0) is 0 Å². The Kier molecular flexibility index (Phi) is 4.81. The Labute approximate surface area is 116 Å². The van der Waals surface area contributed by atoms with Crippen LogP contribution in [0.25, 0.3) is 10.8 Å². The molecule has 0 atom stereocenters. The van der Waals surface area contributed by atoms with Gasteiger partial charge in [-0.25, -0.2) is 0 Å². The summed E-state index contributed by atoms with van der Waals surface area (Å²) in [4.78, 5) is 0. The number of rotatable bonds is 3. The fraction of sp³-hybridized carbons (Fsp3) is 0.250. The zero-order valence-electron chi connectivity index (χ0n) is 10.1. The van der Waals surface area contributed by atoms with Crippen molar-refractivity contribution in [2.24, 2.45) is 0 Å². The molecule has 2 aromatic carbocycles. The van der Waals surface area contributed by atoms with Crippen molar-refractivity contribution in [3.63, 3.8) is 0 Å². The maximum Gasteiger partial charge on any atom is 0.0431 e. The second-order valence-electron chi connectivity index (χ2n) is 4.19. The molecule has 0 saturated carbocycles. The largest absolute Gasteiger partial charge is 0.396 e. The van der Waals surface area contributed by atoms with Crippen LogP contribution in [-0.4, -0.2) is 11.7 Å². The number of halogens is 1. The van der Waals surface area contributed by atoms with E-state index in [1.165, 1.54) is 10.8 Å². The summed E-state index contributed by atoms with van der Waals surface area (Å²) in [5.74, 6) is 6.31. The molecule has 0 radical (unpaired) electrons. The lowest BCUT2D eigenvalue weighted by molar-refractivity contribution is 0.285. The molecule has 18 heavy (non-hydrogen) atoms. The molecule has 0 aliphatic carbocycles. The molecular formula is C16H15BrO. The standard InChI is InChI=1S/C16H15BrO/c17-16-9-8-14-11-13(6-7-15(14)12-16)5-3-1-2-4-10-18/h6-9,11-12,18H,1-2,4,10H2. The molecule has 2 heteroatoms. The Bertz CT molecular complexity index is 593. The highest BCUT2D eigenvalue weighted by atomic mass is 79.9. The van der Waals surface area contributed by atoms with Gasteiger partial charge in [0.15, 0.2) is 0 Å². The van der Waals surface area contributed by atoms with E-state index in [0.717, 1.165) is 29.3 Å². The monoisotopic (exact) mass is 302 g/mol. The van der Waals surface area contributed by atoms with E-state index in [4.69, 9.17) is 5.11 Å². The molecule has 1 nitrogen and oxygen atoms in total. The molecule has 0 aliphatic heterocycles. The maximum atomic E-state index is 8.67. The van der Waals surface area contributed by atoms with Crippen molar-refractivity contribution in [3.05, 3.63) is 46.4 Å². The first-order chi connectivity index (χ1) is 8.79. The second kappa shape index (κ2) is 6.58. The van der Waals surface area contributed by atoms with Gasteiger partial charge in [-0.05, 0) is 47.9 Å². The van der Waals surface area contributed by atoms with Crippen molar-refractivity contribution < 1.29 is 5.11 Å². The van der Waals surface area contributed by atoms with Crippen LogP contribution in [0.2, 0.25) is 0 Å². The first-order valence-electron chi connectivity index (χ1n) is 6.08. The van der Waals surface area contributed by atoms with Gasteiger partial charge in [0.2, 0.25) is 0 Å². The van der Waals surface area contributed by atoms with Gasteiger partial charge in [-0.2, -0.15) is 0 Å². The summed E-state index contributed by atoms with van der Waals surface area (Å²) in [5, 5.41) is 11.1. The van der Waals surface area contributed by atoms with Crippen molar-refractivity contribution in [2.75, 3.05) is 6.61 Å². The van der Waals surface area contributed by atoms with E-state index in [1.54, 1.807) is 0 Å². The van der Waals surface area contributed by atoms with E-state index in [2.05, 4.69) is 52.0 Å². The van der Waals surface area contributed by atoms with Crippen LogP contribution >= 0.6 is 15.9 Å². The first-order valence-corrected chi connectivity index (χ1v) is 6.88. The van der Waals surface area contributed by atoms with Crippen LogP contribution in [0.1, 0.15) is 24.8 Å². The van der Waals surface area contributed by atoms with E-state index in [-0.39, 0.29) is 6.61 Å². The maximum absolute atomic E-state index is 8.67. The Morgan fingerprint density at radius 2 is 1.78 bits per heavy atom. The summed E-state index contributed by atoms with van der Waals surface area (Å²) < 4.78 is 1.10. The summed E-state index contributed by atoms with van der Waals surface area (Å²) in [5.41, 5.74) is 1.05. The zero-order chi connectivity index (χ0) is 12.8. The second-order valence-corrected chi connectivity index (χ2v) is 5.10. The molecule has 2 aromatic rings. The molecule has 0 amide bonds. The minimum Gasteiger partial charge on any atom is -0.396 e. The molecule has 0 aliphatic rings. The lowest BCUT2D eigenvalue weighted by Gasteiger charge is -1.99. The molecular weight excluding hydrogens is 288 g/mol. The van der Waals surface area contributed by atoms with Gasteiger partial charge in [0.1, 0.15) is 0 Å². The average molecular weight is 303 g/mol. The molecule has 1 N–H and O–H groups in total. The molecule has 2 rings (SSSR count). The van der Waals surface area contributed by atoms with Gasteiger partial charge in [0.05, 0.1) is 0 Å². The number of aliphatic hydroxyl groups is 1. The molecule has 0 aromatic heterocycles. The van der Waals surface area contributed by atoms with Crippen LogP contribution in [0, 0.1) is 11.8 Å². The molecule has 0 heterocycles. The Hall–Kier alpha value is -1.30. The van der Waals surface area contributed by atoms with Gasteiger partial charge in [-0.15, -0.1) is 0 Å². The number of benzene rings is 2. The van der Waals surface area contributed by atoms with Gasteiger partial charge in [0.25, 0.3) is 0 Å². The van der Waals surface area contributed by atoms with Gasteiger partial charge < -0.3 is 5.11 Å². The fourth-order valence-corrected chi connectivity index (χ4v) is 2.16. The van der Waals surface area contributed by atoms with Crippen LogP contribution < -0.4 is 0 Å². The summed E-state index contributed by atoms with van der Waals surface area (Å²) in [6, 6.07) is 12.5. The van der Waals surface area contributed by atoms with Crippen LogP contribution in [0.5, 0.6) is 0 Å². The number of hydrogen-bond acceptors (Lipinski definition) is 1. The van der Waals surface area contributed by atoms with E-state index in [1.807, 2.05) is 12.1 Å². The number of aliphatic hydroxyl groups excluding tert-OH is 1. The Morgan fingerprint density at radius 1 is 1.00 bits per heavy atom. The third kappa shape index (κ3) is 3.60. The third-order valence-electron chi connectivity index (χ3n) is 2.74. The van der Waals surface area contributed by atoms with Crippen molar-refractivity contribution in [3.8, 4) is 11.8 Å². The van der Waals surface area contributed by atoms with E-state index >= 15 is 0 Å². The molecule has 0 unspecified atom stereocenters. The van der Waals surface area contributed by atoms with Crippen molar-refractivity contribution in [1.82, 2.24) is 0 Å². The highest BCUT2D eigenvalue weighted by Gasteiger charge is 1.95. The quantitative estimate of drug-likeness (QED) is 0.668. The Balaban J connectivity index is 2.12. The van der Waals surface area contributed by atoms with Gasteiger partial charge in [0, 0.05) is 23.1 Å². The molecule has 0 bridgehead atoms. The molecule has 92 valence electrons. The van der Waals surface area contributed by atoms with Crippen LogP contribution in [0.3, 0.4) is 0 Å². The Morgan fingerprint density at radius 3 is 2.61 bits per heavy atom. The normalized spacial score (nSPS) is 10.1. The highest BCUT2D eigenvalue weighted by molar-refractivity contribution is 9.10. The molecule has 0 saturated heterocycles. The van der Waals surface area contributed by atoms with Crippen molar-refractivity contribution in [2.45, 2.75) is 19.3 Å². The SMILES string of the molecule is OCCCCC#Cc1ccc2cc(Br)ccc2c1. The average Bonchev–Trinajstić information content (AvgIpc) is 2.38. The third-order valence-corrected chi connectivity index (χ3v) is 3.24. The number of fused-ring (bicyclic) bond motifs is 1. The lowest BCUT2D eigenvalue weighted by atomic mass is 10.1. The first kappa shape index (κ1) is 13.1. The molecule has 0 fully saturated rings. The summed E-state index contributed by atoms with van der Waals surface area (Å²) in [6.07, 6.45) is 2.64. The van der Waals surface area contributed by atoms with E-state index in [9.17, 15) is 0 Å². The minimum absolute atomic E-state index is 0.256. The summed E-state index contributed by atoms with van der Waals surface area (Å²) in [7, 11) is 0.